The van der Waals surface area contributed by atoms with E-state index in [1.54, 1.807) is 18.2 Å². The molecule has 1 aliphatic rings. The Balaban J connectivity index is 1.90. The van der Waals surface area contributed by atoms with Gasteiger partial charge in [-0.15, -0.1) is 0 Å². The summed E-state index contributed by atoms with van der Waals surface area (Å²) in [6, 6.07) is 4.90. The summed E-state index contributed by atoms with van der Waals surface area (Å²) < 4.78 is 0. The number of rotatable bonds is 4. The first-order valence-electron chi connectivity index (χ1n) is 6.82. The standard InChI is InChI=1S/C14H19ClN4O2/c15-9-1-2-12(16)11(7-9)14(21)18-10-3-5-19(6-4-10)8-13(17)20/h1-2,7,10H,3-6,8,16H2,(H2,17,20)(H,18,21). The minimum Gasteiger partial charge on any atom is -0.398 e. The van der Waals surface area contributed by atoms with Crippen molar-refractivity contribution in [3.63, 3.8) is 0 Å². The largest absolute Gasteiger partial charge is 0.398 e. The lowest BCUT2D eigenvalue weighted by Crippen LogP contribution is -2.46. The Morgan fingerprint density at radius 1 is 1.33 bits per heavy atom. The number of piperidine rings is 1. The molecule has 0 atom stereocenters. The van der Waals surface area contributed by atoms with E-state index in [0.717, 1.165) is 25.9 Å². The molecule has 1 fully saturated rings. The number of hydrogen-bond donors (Lipinski definition) is 3. The highest BCUT2D eigenvalue weighted by atomic mass is 35.5. The summed E-state index contributed by atoms with van der Waals surface area (Å²) in [7, 11) is 0. The van der Waals surface area contributed by atoms with Crippen LogP contribution in [0.4, 0.5) is 5.69 Å². The van der Waals surface area contributed by atoms with E-state index in [-0.39, 0.29) is 24.4 Å². The summed E-state index contributed by atoms with van der Waals surface area (Å²) in [4.78, 5) is 25.1. The van der Waals surface area contributed by atoms with Crippen LogP contribution >= 0.6 is 11.6 Å². The number of nitrogen functional groups attached to an aromatic ring is 1. The number of carbonyl (C=O) groups excluding carboxylic acids is 2. The maximum Gasteiger partial charge on any atom is 0.253 e. The van der Waals surface area contributed by atoms with E-state index < -0.39 is 0 Å². The highest BCUT2D eigenvalue weighted by Crippen LogP contribution is 2.19. The lowest BCUT2D eigenvalue weighted by molar-refractivity contribution is -0.119. The van der Waals surface area contributed by atoms with E-state index >= 15 is 0 Å². The van der Waals surface area contributed by atoms with Crippen LogP contribution in [0, 0.1) is 0 Å². The molecule has 0 saturated carbocycles. The van der Waals surface area contributed by atoms with Gasteiger partial charge in [-0.25, -0.2) is 0 Å². The van der Waals surface area contributed by atoms with Gasteiger partial charge in [-0.1, -0.05) is 11.6 Å². The van der Waals surface area contributed by atoms with Crippen molar-refractivity contribution >= 4 is 29.1 Å². The normalized spacial score (nSPS) is 16.6. The lowest BCUT2D eigenvalue weighted by Gasteiger charge is -2.31. The highest BCUT2D eigenvalue weighted by Gasteiger charge is 2.22. The van der Waals surface area contributed by atoms with Crippen LogP contribution < -0.4 is 16.8 Å². The molecule has 0 aliphatic carbocycles. The highest BCUT2D eigenvalue weighted by molar-refractivity contribution is 6.31. The predicted molar refractivity (Wildman–Crippen MR) is 82.0 cm³/mol. The molecule has 2 amide bonds. The number of halogens is 1. The van der Waals surface area contributed by atoms with E-state index in [4.69, 9.17) is 23.1 Å². The Kier molecular flexibility index (Phi) is 5.03. The van der Waals surface area contributed by atoms with Gasteiger partial charge in [0, 0.05) is 29.8 Å². The van der Waals surface area contributed by atoms with Gasteiger partial charge in [-0.05, 0) is 31.0 Å². The first-order valence-corrected chi connectivity index (χ1v) is 7.20. The fraction of sp³-hybridized carbons (Fsp3) is 0.429. The van der Waals surface area contributed by atoms with Gasteiger partial charge >= 0.3 is 0 Å². The quantitative estimate of drug-likeness (QED) is 0.709. The average Bonchev–Trinajstić information content (AvgIpc) is 2.43. The first-order chi connectivity index (χ1) is 9.95. The maximum absolute atomic E-state index is 12.2. The number of nitrogens with zero attached hydrogens (tertiary/aromatic N) is 1. The minimum atomic E-state index is -0.329. The van der Waals surface area contributed by atoms with E-state index in [2.05, 4.69) is 5.32 Å². The number of nitrogens with two attached hydrogens (primary N) is 2. The second-order valence-corrected chi connectivity index (χ2v) is 5.66. The molecule has 1 heterocycles. The number of primary amides is 1. The zero-order valence-electron chi connectivity index (χ0n) is 11.6. The van der Waals surface area contributed by atoms with Crippen LogP contribution in [0.1, 0.15) is 23.2 Å². The molecule has 2 rings (SSSR count). The van der Waals surface area contributed by atoms with Crippen molar-refractivity contribution in [3.8, 4) is 0 Å². The van der Waals surface area contributed by atoms with Crippen molar-refractivity contribution in [3.05, 3.63) is 28.8 Å². The van der Waals surface area contributed by atoms with Gasteiger partial charge in [-0.3, -0.25) is 14.5 Å². The Bertz CT molecular complexity index is 542. The molecule has 0 bridgehead atoms. The predicted octanol–water partition coefficient (Wildman–Crippen LogP) is 0.602. The van der Waals surface area contributed by atoms with Crippen molar-refractivity contribution in [1.29, 1.82) is 0 Å². The minimum absolute atomic E-state index is 0.0695. The number of anilines is 1. The van der Waals surface area contributed by atoms with Gasteiger partial charge < -0.3 is 16.8 Å². The summed E-state index contributed by atoms with van der Waals surface area (Å²) in [5, 5.41) is 3.43. The third kappa shape index (κ3) is 4.34. The molecule has 0 aromatic heterocycles. The van der Waals surface area contributed by atoms with Crippen LogP contribution in [0.15, 0.2) is 18.2 Å². The molecule has 0 radical (unpaired) electrons. The van der Waals surface area contributed by atoms with Gasteiger partial charge in [0.25, 0.3) is 5.91 Å². The SMILES string of the molecule is NC(=O)CN1CCC(NC(=O)c2cc(Cl)ccc2N)CC1. The molecule has 114 valence electrons. The summed E-state index contributed by atoms with van der Waals surface area (Å²) in [5.74, 6) is -0.549. The monoisotopic (exact) mass is 310 g/mol. The molecular weight excluding hydrogens is 292 g/mol. The van der Waals surface area contributed by atoms with Crippen molar-refractivity contribution in [2.75, 3.05) is 25.4 Å². The van der Waals surface area contributed by atoms with E-state index in [9.17, 15) is 9.59 Å². The summed E-state index contributed by atoms with van der Waals surface area (Å²) in [5.41, 5.74) is 11.8. The van der Waals surface area contributed by atoms with Gasteiger partial charge in [0.15, 0.2) is 0 Å². The molecule has 5 N–H and O–H groups in total. The van der Waals surface area contributed by atoms with Crippen LogP contribution in [-0.2, 0) is 4.79 Å². The Morgan fingerprint density at radius 3 is 2.62 bits per heavy atom. The number of hydrogen-bond acceptors (Lipinski definition) is 4. The van der Waals surface area contributed by atoms with Crippen molar-refractivity contribution in [1.82, 2.24) is 10.2 Å². The third-order valence-corrected chi connectivity index (χ3v) is 3.80. The Hall–Kier alpha value is -1.79. The topological polar surface area (TPSA) is 101 Å². The fourth-order valence-electron chi connectivity index (χ4n) is 2.44. The molecule has 1 saturated heterocycles. The smallest absolute Gasteiger partial charge is 0.253 e. The molecular formula is C14H19ClN4O2. The number of likely N-dealkylation sites (tertiary alicyclic amines) is 1. The van der Waals surface area contributed by atoms with E-state index in [0.29, 0.717) is 16.3 Å². The van der Waals surface area contributed by atoms with Gasteiger partial charge in [-0.2, -0.15) is 0 Å². The van der Waals surface area contributed by atoms with Crippen LogP contribution in [0.2, 0.25) is 5.02 Å². The molecule has 6 nitrogen and oxygen atoms in total. The molecule has 21 heavy (non-hydrogen) atoms. The van der Waals surface area contributed by atoms with Gasteiger partial charge in [0.2, 0.25) is 5.91 Å². The number of nitrogens with one attached hydrogen (secondary N) is 1. The zero-order chi connectivity index (χ0) is 15.4. The molecule has 1 aliphatic heterocycles. The van der Waals surface area contributed by atoms with Gasteiger partial charge in [0.05, 0.1) is 12.1 Å². The van der Waals surface area contributed by atoms with Crippen molar-refractivity contribution < 1.29 is 9.59 Å². The number of benzene rings is 1. The molecule has 0 unspecified atom stereocenters. The second-order valence-electron chi connectivity index (χ2n) is 5.22. The second kappa shape index (κ2) is 6.78. The summed E-state index contributed by atoms with van der Waals surface area (Å²) >= 11 is 5.89. The van der Waals surface area contributed by atoms with Crippen LogP contribution in [0.3, 0.4) is 0 Å². The van der Waals surface area contributed by atoms with Crippen molar-refractivity contribution in [2.24, 2.45) is 5.73 Å². The first kappa shape index (κ1) is 15.6. The van der Waals surface area contributed by atoms with Crippen LogP contribution in [-0.4, -0.2) is 42.4 Å². The molecule has 1 aromatic carbocycles. The lowest BCUT2D eigenvalue weighted by atomic mass is 10.0. The maximum atomic E-state index is 12.2. The van der Waals surface area contributed by atoms with E-state index in [1.807, 2.05) is 4.90 Å². The fourth-order valence-corrected chi connectivity index (χ4v) is 2.62. The van der Waals surface area contributed by atoms with Crippen molar-refractivity contribution in [2.45, 2.75) is 18.9 Å². The van der Waals surface area contributed by atoms with Gasteiger partial charge in [0.1, 0.15) is 0 Å². The number of carbonyl (C=O) groups is 2. The van der Waals surface area contributed by atoms with Crippen LogP contribution in [0.5, 0.6) is 0 Å². The Labute approximate surface area is 128 Å². The Morgan fingerprint density at radius 2 is 2.00 bits per heavy atom. The third-order valence-electron chi connectivity index (χ3n) is 3.56. The van der Waals surface area contributed by atoms with E-state index in [1.165, 1.54) is 0 Å². The molecule has 1 aromatic rings. The molecule has 0 spiro atoms. The zero-order valence-corrected chi connectivity index (χ0v) is 12.4. The molecule has 7 heteroatoms. The summed E-state index contributed by atoms with van der Waals surface area (Å²) in [6.07, 6.45) is 1.55. The summed E-state index contributed by atoms with van der Waals surface area (Å²) in [6.45, 7) is 1.74. The van der Waals surface area contributed by atoms with Crippen LogP contribution in [0.25, 0.3) is 0 Å². The average molecular weight is 311 g/mol. The number of amides is 2.